The van der Waals surface area contributed by atoms with Gasteiger partial charge in [-0.1, -0.05) is 35.3 Å². The van der Waals surface area contributed by atoms with E-state index in [0.29, 0.717) is 10.0 Å². The molecule has 3 aromatic rings. The Kier molecular flexibility index (Phi) is 4.09. The zero-order valence-corrected chi connectivity index (χ0v) is 13.2. The lowest BCUT2D eigenvalue weighted by Crippen LogP contribution is -2.09. The van der Waals surface area contributed by atoms with Gasteiger partial charge in [-0.15, -0.1) is 0 Å². The minimum absolute atomic E-state index is 0.666. The first-order chi connectivity index (χ1) is 10.1. The fraction of sp³-hybridized carbons (Fsp3) is 0.176. The molecule has 0 spiro atoms. The molecule has 1 N–H and O–H groups in total. The van der Waals surface area contributed by atoms with E-state index < -0.39 is 0 Å². The number of aromatic nitrogens is 1. The number of halogens is 2. The topological polar surface area (TPSA) is 17.0 Å². The third-order valence-corrected chi connectivity index (χ3v) is 4.03. The van der Waals surface area contributed by atoms with Gasteiger partial charge in [-0.3, -0.25) is 0 Å². The zero-order chi connectivity index (χ0) is 14.8. The Morgan fingerprint density at radius 3 is 2.76 bits per heavy atom. The normalized spacial score (nSPS) is 11.0. The van der Waals surface area contributed by atoms with Crippen LogP contribution in [0.3, 0.4) is 0 Å². The van der Waals surface area contributed by atoms with Gasteiger partial charge in [-0.05, 0) is 42.8 Å². The fourth-order valence-electron chi connectivity index (χ4n) is 2.49. The monoisotopic (exact) mass is 318 g/mol. The Morgan fingerprint density at radius 2 is 1.95 bits per heavy atom. The number of nitrogens with one attached hydrogen (secondary N) is 1. The number of hydrogen-bond donors (Lipinski definition) is 1. The maximum absolute atomic E-state index is 6.21. The smallest absolute Gasteiger partial charge is 0.0514 e. The Hall–Kier alpha value is -1.64. The zero-order valence-electron chi connectivity index (χ0n) is 11.7. The SMILES string of the molecule is Cc1cccc(NCCn2ccc3c(Cl)cc(Cl)cc32)c1. The molecule has 0 amide bonds. The van der Waals surface area contributed by atoms with E-state index in [1.54, 1.807) is 6.07 Å². The molecule has 0 saturated carbocycles. The maximum atomic E-state index is 6.21. The molecule has 0 atom stereocenters. The summed E-state index contributed by atoms with van der Waals surface area (Å²) in [7, 11) is 0. The summed E-state index contributed by atoms with van der Waals surface area (Å²) in [5.74, 6) is 0. The van der Waals surface area contributed by atoms with Crippen LogP contribution >= 0.6 is 23.2 Å². The Labute approximate surface area is 134 Å². The highest BCUT2D eigenvalue weighted by Gasteiger charge is 2.06. The van der Waals surface area contributed by atoms with Crippen molar-refractivity contribution in [3.8, 4) is 0 Å². The molecule has 3 rings (SSSR count). The van der Waals surface area contributed by atoms with Gasteiger partial charge in [0.2, 0.25) is 0 Å². The summed E-state index contributed by atoms with van der Waals surface area (Å²) in [5, 5.41) is 5.83. The average Bonchev–Trinajstić information content (AvgIpc) is 2.82. The molecule has 0 aliphatic carbocycles. The van der Waals surface area contributed by atoms with E-state index >= 15 is 0 Å². The molecule has 2 aromatic carbocycles. The summed E-state index contributed by atoms with van der Waals surface area (Å²) in [6.07, 6.45) is 2.05. The predicted molar refractivity (Wildman–Crippen MR) is 91.6 cm³/mol. The molecule has 1 heterocycles. The lowest BCUT2D eigenvalue weighted by molar-refractivity contribution is 0.757. The van der Waals surface area contributed by atoms with Crippen molar-refractivity contribution in [3.05, 3.63) is 64.3 Å². The van der Waals surface area contributed by atoms with Crippen LogP contribution in [0.5, 0.6) is 0 Å². The average molecular weight is 319 g/mol. The fourth-order valence-corrected chi connectivity index (χ4v) is 3.03. The van der Waals surface area contributed by atoms with Crippen molar-refractivity contribution in [3.63, 3.8) is 0 Å². The van der Waals surface area contributed by atoms with Crippen molar-refractivity contribution in [1.82, 2.24) is 4.57 Å². The summed E-state index contributed by atoms with van der Waals surface area (Å²) in [5.41, 5.74) is 3.46. The highest BCUT2D eigenvalue weighted by atomic mass is 35.5. The molecule has 21 heavy (non-hydrogen) atoms. The summed E-state index contributed by atoms with van der Waals surface area (Å²) < 4.78 is 2.16. The number of benzene rings is 2. The lowest BCUT2D eigenvalue weighted by atomic mass is 10.2. The van der Waals surface area contributed by atoms with Crippen molar-refractivity contribution >= 4 is 39.8 Å². The summed E-state index contributed by atoms with van der Waals surface area (Å²) in [4.78, 5) is 0. The molecule has 0 unspecified atom stereocenters. The predicted octanol–water partition coefficient (Wildman–Crippen LogP) is 5.37. The number of hydrogen-bond acceptors (Lipinski definition) is 1. The van der Waals surface area contributed by atoms with Crippen LogP contribution in [0.15, 0.2) is 48.7 Å². The lowest BCUT2D eigenvalue weighted by Gasteiger charge is -2.09. The Morgan fingerprint density at radius 1 is 1.10 bits per heavy atom. The number of rotatable bonds is 4. The van der Waals surface area contributed by atoms with Crippen LogP contribution in [0.4, 0.5) is 5.69 Å². The first-order valence-electron chi connectivity index (χ1n) is 6.88. The second-order valence-corrected chi connectivity index (χ2v) is 5.97. The minimum atomic E-state index is 0.666. The molecule has 4 heteroatoms. The molecule has 0 fully saturated rings. The van der Waals surface area contributed by atoms with Crippen molar-refractivity contribution in [2.75, 3.05) is 11.9 Å². The van der Waals surface area contributed by atoms with Crippen LogP contribution in [-0.4, -0.2) is 11.1 Å². The molecule has 0 aliphatic heterocycles. The van der Waals surface area contributed by atoms with Crippen LogP contribution in [0, 0.1) is 6.92 Å². The summed E-state index contributed by atoms with van der Waals surface area (Å²) in [6.45, 7) is 3.79. The van der Waals surface area contributed by atoms with Gasteiger partial charge in [0.05, 0.1) is 10.5 Å². The minimum Gasteiger partial charge on any atom is -0.383 e. The summed E-state index contributed by atoms with van der Waals surface area (Å²) >= 11 is 12.3. The first-order valence-corrected chi connectivity index (χ1v) is 7.63. The molecular weight excluding hydrogens is 303 g/mol. The quantitative estimate of drug-likeness (QED) is 0.684. The standard InChI is InChI=1S/C17H16Cl2N2/c1-12-3-2-4-14(9-12)20-6-8-21-7-5-15-16(19)10-13(18)11-17(15)21/h2-5,7,9-11,20H,6,8H2,1H3. The number of fused-ring (bicyclic) bond motifs is 1. The molecular formula is C17H16Cl2N2. The number of anilines is 1. The van der Waals surface area contributed by atoms with E-state index in [1.165, 1.54) is 5.56 Å². The van der Waals surface area contributed by atoms with Gasteiger partial charge in [0.1, 0.15) is 0 Å². The molecule has 1 aromatic heterocycles. The third kappa shape index (κ3) is 3.17. The van der Waals surface area contributed by atoms with E-state index in [1.807, 2.05) is 18.3 Å². The highest BCUT2D eigenvalue weighted by Crippen LogP contribution is 2.28. The highest BCUT2D eigenvalue weighted by molar-refractivity contribution is 6.38. The second-order valence-electron chi connectivity index (χ2n) is 5.13. The largest absolute Gasteiger partial charge is 0.383 e. The third-order valence-electron chi connectivity index (χ3n) is 3.50. The van der Waals surface area contributed by atoms with E-state index in [4.69, 9.17) is 23.2 Å². The van der Waals surface area contributed by atoms with Crippen LogP contribution in [0.25, 0.3) is 10.9 Å². The molecule has 108 valence electrons. The van der Waals surface area contributed by atoms with Crippen LogP contribution in [0.1, 0.15) is 5.56 Å². The van der Waals surface area contributed by atoms with Gasteiger partial charge in [-0.25, -0.2) is 0 Å². The second kappa shape index (κ2) is 6.00. The van der Waals surface area contributed by atoms with Crippen molar-refractivity contribution in [1.29, 1.82) is 0 Å². The maximum Gasteiger partial charge on any atom is 0.0514 e. The Bertz CT molecular complexity index is 778. The van der Waals surface area contributed by atoms with Crippen LogP contribution in [-0.2, 0) is 6.54 Å². The van der Waals surface area contributed by atoms with Gasteiger partial charge in [0.25, 0.3) is 0 Å². The molecule has 2 nitrogen and oxygen atoms in total. The van der Waals surface area contributed by atoms with Gasteiger partial charge in [-0.2, -0.15) is 0 Å². The van der Waals surface area contributed by atoms with Gasteiger partial charge < -0.3 is 9.88 Å². The molecule has 0 aliphatic rings. The van der Waals surface area contributed by atoms with Crippen LogP contribution < -0.4 is 5.32 Å². The number of nitrogens with zero attached hydrogens (tertiary/aromatic N) is 1. The van der Waals surface area contributed by atoms with E-state index in [2.05, 4.69) is 41.1 Å². The van der Waals surface area contributed by atoms with Crippen molar-refractivity contribution < 1.29 is 0 Å². The van der Waals surface area contributed by atoms with E-state index in [0.717, 1.165) is 29.7 Å². The number of aryl methyl sites for hydroxylation is 1. The Balaban J connectivity index is 1.74. The molecule has 0 saturated heterocycles. The molecule has 0 bridgehead atoms. The van der Waals surface area contributed by atoms with Crippen molar-refractivity contribution in [2.45, 2.75) is 13.5 Å². The van der Waals surface area contributed by atoms with Gasteiger partial charge in [0, 0.05) is 35.4 Å². The first kappa shape index (κ1) is 14.3. The van der Waals surface area contributed by atoms with E-state index in [9.17, 15) is 0 Å². The summed E-state index contributed by atoms with van der Waals surface area (Å²) in [6, 6.07) is 14.1. The van der Waals surface area contributed by atoms with Crippen molar-refractivity contribution in [2.24, 2.45) is 0 Å². The van der Waals surface area contributed by atoms with Gasteiger partial charge >= 0.3 is 0 Å². The van der Waals surface area contributed by atoms with E-state index in [-0.39, 0.29) is 0 Å². The van der Waals surface area contributed by atoms with Gasteiger partial charge in [0.15, 0.2) is 0 Å². The van der Waals surface area contributed by atoms with Crippen LogP contribution in [0.2, 0.25) is 10.0 Å². The molecule has 0 radical (unpaired) electrons.